The van der Waals surface area contributed by atoms with Crippen LogP contribution < -0.4 is 0 Å². The average Bonchev–Trinajstić information content (AvgIpc) is 3.19. The van der Waals surface area contributed by atoms with Gasteiger partial charge in [-0.2, -0.15) is 0 Å². The first-order valence-electron chi connectivity index (χ1n) is 7.67. The molecule has 0 spiro atoms. The Bertz CT molecular complexity index is 595. The molecule has 0 aliphatic carbocycles. The zero-order chi connectivity index (χ0) is 15.9. The number of ether oxygens (including phenoxy) is 1. The summed E-state index contributed by atoms with van der Waals surface area (Å²) in [5.74, 6) is -0.135. The number of carboxylic acid groups (broad SMARTS) is 1. The van der Waals surface area contributed by atoms with Gasteiger partial charge >= 0.3 is 5.97 Å². The molecular weight excluding hydrogens is 286 g/mol. The second-order valence-corrected chi connectivity index (χ2v) is 6.18. The monoisotopic (exact) mass is 307 g/mol. The summed E-state index contributed by atoms with van der Waals surface area (Å²) in [6.45, 7) is 2.20. The van der Waals surface area contributed by atoms with E-state index < -0.39 is 11.4 Å². The molecule has 2 fully saturated rings. The van der Waals surface area contributed by atoms with Crippen LogP contribution in [0.1, 0.15) is 48.9 Å². The number of amides is 1. The summed E-state index contributed by atoms with van der Waals surface area (Å²) in [6.07, 6.45) is 2.71. The van der Waals surface area contributed by atoms with Crippen molar-refractivity contribution in [1.82, 2.24) is 4.90 Å². The smallest absolute Gasteiger partial charge is 0.311 e. The zero-order valence-corrected chi connectivity index (χ0v) is 12.9. The van der Waals surface area contributed by atoms with E-state index in [0.29, 0.717) is 25.2 Å². The largest absolute Gasteiger partial charge is 0.481 e. The minimum atomic E-state index is -0.805. The second-order valence-electron chi connectivity index (χ2n) is 6.18. The molecule has 1 N–H and O–H groups in total. The van der Waals surface area contributed by atoms with E-state index in [4.69, 9.17) is 9.15 Å². The normalized spacial score (nSPS) is 30.0. The van der Waals surface area contributed by atoms with Crippen LogP contribution in [0.5, 0.6) is 0 Å². The van der Waals surface area contributed by atoms with Gasteiger partial charge in [-0.15, -0.1) is 0 Å². The molecule has 3 atom stereocenters. The maximum atomic E-state index is 12.8. The van der Waals surface area contributed by atoms with Gasteiger partial charge in [-0.05, 0) is 37.8 Å². The average molecular weight is 307 g/mol. The molecule has 0 aromatic carbocycles. The van der Waals surface area contributed by atoms with Crippen molar-refractivity contribution in [2.24, 2.45) is 5.41 Å². The lowest BCUT2D eigenvalue weighted by molar-refractivity contribution is -0.151. The number of fused-ring (bicyclic) bond motifs is 2. The van der Waals surface area contributed by atoms with Crippen LogP contribution in [0.15, 0.2) is 16.5 Å². The molecule has 1 amide bonds. The molecule has 2 aliphatic rings. The number of furan rings is 1. The fraction of sp³-hybridized carbons (Fsp3) is 0.625. The van der Waals surface area contributed by atoms with E-state index in [0.717, 1.165) is 12.8 Å². The summed E-state index contributed by atoms with van der Waals surface area (Å²) >= 11 is 0. The van der Waals surface area contributed by atoms with Gasteiger partial charge in [0, 0.05) is 19.2 Å². The second kappa shape index (κ2) is 5.43. The molecule has 0 radical (unpaired) electrons. The number of hydrogen-bond acceptors (Lipinski definition) is 4. The van der Waals surface area contributed by atoms with Crippen molar-refractivity contribution in [2.45, 2.75) is 51.3 Å². The van der Waals surface area contributed by atoms with Crippen LogP contribution in [-0.4, -0.2) is 41.1 Å². The number of rotatable bonds is 5. The van der Waals surface area contributed by atoms with Gasteiger partial charge in [0.05, 0.1) is 5.41 Å². The highest BCUT2D eigenvalue weighted by Gasteiger charge is 2.60. The van der Waals surface area contributed by atoms with Crippen molar-refractivity contribution in [3.8, 4) is 0 Å². The van der Waals surface area contributed by atoms with Crippen molar-refractivity contribution in [3.05, 3.63) is 23.7 Å². The summed E-state index contributed by atoms with van der Waals surface area (Å²) in [6, 6.07) is 3.13. The zero-order valence-electron chi connectivity index (χ0n) is 12.9. The van der Waals surface area contributed by atoms with Crippen molar-refractivity contribution < 1.29 is 23.8 Å². The van der Waals surface area contributed by atoms with Crippen LogP contribution in [0.4, 0.5) is 0 Å². The predicted molar refractivity (Wildman–Crippen MR) is 77.4 cm³/mol. The molecule has 0 unspecified atom stereocenters. The first-order valence-corrected chi connectivity index (χ1v) is 7.67. The Hall–Kier alpha value is -1.82. The molecule has 0 saturated carbocycles. The standard InChI is InChI=1S/C16H21NO5/c1-3-16(15(19)20)8-10-4-7-13(16)17(10)14(18)12-6-5-11(22-12)9-21-2/h5-6,10,13H,3-4,7-9H2,1-2H3,(H,19,20)/t10-,13+,16+/m0/s1. The fourth-order valence-electron chi connectivity index (χ4n) is 4.09. The van der Waals surface area contributed by atoms with Crippen LogP contribution >= 0.6 is 0 Å². The Morgan fingerprint density at radius 3 is 2.82 bits per heavy atom. The van der Waals surface area contributed by atoms with E-state index in [-0.39, 0.29) is 23.8 Å². The molecule has 3 heterocycles. The van der Waals surface area contributed by atoms with Crippen molar-refractivity contribution >= 4 is 11.9 Å². The molecule has 3 rings (SSSR count). The van der Waals surface area contributed by atoms with Crippen LogP contribution in [-0.2, 0) is 16.1 Å². The van der Waals surface area contributed by atoms with E-state index in [9.17, 15) is 14.7 Å². The molecule has 2 bridgehead atoms. The number of nitrogens with zero attached hydrogens (tertiary/aromatic N) is 1. The Labute approximate surface area is 129 Å². The SMILES string of the molecule is CC[C@@]1(C(=O)O)C[C@@H]2CC[C@H]1N2C(=O)c1ccc(COC)o1. The molecular formula is C16H21NO5. The molecule has 1 aromatic heterocycles. The lowest BCUT2D eigenvalue weighted by atomic mass is 9.72. The van der Waals surface area contributed by atoms with Crippen molar-refractivity contribution in [1.29, 1.82) is 0 Å². The van der Waals surface area contributed by atoms with Gasteiger partial charge in [0.1, 0.15) is 12.4 Å². The Balaban J connectivity index is 1.86. The van der Waals surface area contributed by atoms with Gasteiger partial charge in [-0.1, -0.05) is 6.92 Å². The maximum Gasteiger partial charge on any atom is 0.311 e. The Morgan fingerprint density at radius 1 is 1.45 bits per heavy atom. The van der Waals surface area contributed by atoms with Gasteiger partial charge in [0.25, 0.3) is 5.91 Å². The summed E-state index contributed by atoms with van der Waals surface area (Å²) in [4.78, 5) is 26.3. The highest BCUT2D eigenvalue weighted by Crippen LogP contribution is 2.52. The summed E-state index contributed by atoms with van der Waals surface area (Å²) in [7, 11) is 1.56. The third-order valence-corrected chi connectivity index (χ3v) is 5.19. The molecule has 22 heavy (non-hydrogen) atoms. The van der Waals surface area contributed by atoms with Crippen LogP contribution in [0.25, 0.3) is 0 Å². The molecule has 120 valence electrons. The van der Waals surface area contributed by atoms with Gasteiger partial charge in [-0.3, -0.25) is 9.59 Å². The Morgan fingerprint density at radius 2 is 2.23 bits per heavy atom. The van der Waals surface area contributed by atoms with Gasteiger partial charge < -0.3 is 19.2 Å². The first-order chi connectivity index (χ1) is 10.5. The number of hydrogen-bond donors (Lipinski definition) is 1. The number of carbonyl (C=O) groups is 2. The lowest BCUT2D eigenvalue weighted by Crippen LogP contribution is -2.44. The van der Waals surface area contributed by atoms with Crippen LogP contribution in [0.2, 0.25) is 0 Å². The van der Waals surface area contributed by atoms with E-state index in [1.54, 1.807) is 24.1 Å². The van der Waals surface area contributed by atoms with Gasteiger partial charge in [0.2, 0.25) is 0 Å². The summed E-state index contributed by atoms with van der Waals surface area (Å²) < 4.78 is 10.5. The topological polar surface area (TPSA) is 80.0 Å². The first kappa shape index (κ1) is 15.1. The lowest BCUT2D eigenvalue weighted by Gasteiger charge is -2.32. The molecule has 1 aromatic rings. The van der Waals surface area contributed by atoms with E-state index in [2.05, 4.69) is 0 Å². The summed E-state index contributed by atoms with van der Waals surface area (Å²) in [5, 5.41) is 9.65. The predicted octanol–water partition coefficient (Wildman–Crippen LogP) is 2.28. The minimum Gasteiger partial charge on any atom is -0.481 e. The molecule has 2 aliphatic heterocycles. The van der Waals surface area contributed by atoms with Crippen molar-refractivity contribution in [2.75, 3.05) is 7.11 Å². The van der Waals surface area contributed by atoms with Crippen molar-refractivity contribution in [3.63, 3.8) is 0 Å². The number of aliphatic carboxylic acids is 1. The highest BCUT2D eigenvalue weighted by atomic mass is 16.5. The van der Waals surface area contributed by atoms with Gasteiger partial charge in [0.15, 0.2) is 5.76 Å². The van der Waals surface area contributed by atoms with E-state index in [1.165, 1.54) is 0 Å². The third-order valence-electron chi connectivity index (χ3n) is 5.19. The van der Waals surface area contributed by atoms with E-state index >= 15 is 0 Å². The quantitative estimate of drug-likeness (QED) is 0.902. The summed E-state index contributed by atoms with van der Waals surface area (Å²) in [5.41, 5.74) is -0.805. The molecule has 6 nitrogen and oxygen atoms in total. The van der Waals surface area contributed by atoms with E-state index in [1.807, 2.05) is 6.92 Å². The minimum absolute atomic E-state index is 0.00419. The van der Waals surface area contributed by atoms with Gasteiger partial charge in [-0.25, -0.2) is 0 Å². The third kappa shape index (κ3) is 2.05. The molecule has 2 saturated heterocycles. The number of carboxylic acids is 1. The highest BCUT2D eigenvalue weighted by molar-refractivity contribution is 5.93. The maximum absolute atomic E-state index is 12.8. The molecule has 6 heteroatoms. The Kier molecular flexibility index (Phi) is 3.72. The van der Waals surface area contributed by atoms with Crippen LogP contribution in [0.3, 0.4) is 0 Å². The number of carbonyl (C=O) groups excluding carboxylic acids is 1. The number of methoxy groups -OCH3 is 1. The fourth-order valence-corrected chi connectivity index (χ4v) is 4.09. The van der Waals surface area contributed by atoms with Crippen LogP contribution in [0, 0.1) is 5.41 Å².